The summed E-state index contributed by atoms with van der Waals surface area (Å²) in [6.07, 6.45) is 9.46. The lowest BCUT2D eigenvalue weighted by molar-refractivity contribution is -0.154. The normalized spacial score (nSPS) is 15.5. The second-order valence-corrected chi connectivity index (χ2v) is 10.6. The van der Waals surface area contributed by atoms with E-state index >= 15 is 0 Å². The number of benzene rings is 1. The average molecular weight is 480 g/mol. The lowest BCUT2D eigenvalue weighted by atomic mass is 9.90. The number of ether oxygens (including phenoxy) is 1. The van der Waals surface area contributed by atoms with Gasteiger partial charge in [-0.2, -0.15) is 0 Å². The predicted octanol–water partition coefficient (Wildman–Crippen LogP) is 6.88. The Balaban J connectivity index is 1.56. The standard InChI is InChI=1S/C28H43F2NO3/c1-5-23-24(19-22(29)20-25(23)30)26(32)12-9-8-11-21-14-17-31(18-15-21)16-10-6-7-13-27(33)34-28(2,3)4/h19-21H,5-18H2,1-4H3. The first-order valence-corrected chi connectivity index (χ1v) is 13.0. The van der Waals surface area contributed by atoms with Gasteiger partial charge in [-0.1, -0.05) is 26.2 Å². The number of rotatable bonds is 13. The molecule has 1 aliphatic heterocycles. The number of nitrogens with zero attached hydrogens (tertiary/aromatic N) is 1. The molecule has 0 radical (unpaired) electrons. The minimum atomic E-state index is -0.687. The molecule has 1 heterocycles. The number of Topliss-reactive ketones (excluding diaryl/α,β-unsaturated/α-hetero) is 1. The van der Waals surface area contributed by atoms with Gasteiger partial charge in [0, 0.05) is 24.5 Å². The van der Waals surface area contributed by atoms with Crippen LogP contribution >= 0.6 is 0 Å². The largest absolute Gasteiger partial charge is 0.460 e. The molecule has 1 fully saturated rings. The Bertz CT molecular complexity index is 796. The molecule has 0 aromatic heterocycles. The molecule has 34 heavy (non-hydrogen) atoms. The summed E-state index contributed by atoms with van der Waals surface area (Å²) < 4.78 is 32.8. The number of esters is 1. The molecule has 0 bridgehead atoms. The van der Waals surface area contributed by atoms with Gasteiger partial charge in [0.2, 0.25) is 0 Å². The number of hydrogen-bond acceptors (Lipinski definition) is 4. The summed E-state index contributed by atoms with van der Waals surface area (Å²) in [5.74, 6) is -0.884. The highest BCUT2D eigenvalue weighted by Gasteiger charge is 2.20. The van der Waals surface area contributed by atoms with Crippen LogP contribution in [0.4, 0.5) is 8.78 Å². The molecule has 1 aliphatic rings. The molecule has 192 valence electrons. The molecular formula is C28H43F2NO3. The van der Waals surface area contributed by atoms with Crippen molar-refractivity contribution < 1.29 is 23.1 Å². The number of carbonyl (C=O) groups excluding carboxylic acids is 2. The van der Waals surface area contributed by atoms with E-state index in [1.807, 2.05) is 20.8 Å². The van der Waals surface area contributed by atoms with Crippen LogP contribution in [-0.4, -0.2) is 41.9 Å². The molecule has 0 unspecified atom stereocenters. The first-order valence-electron chi connectivity index (χ1n) is 13.0. The molecule has 6 heteroatoms. The van der Waals surface area contributed by atoms with Crippen molar-refractivity contribution in [3.8, 4) is 0 Å². The molecule has 1 saturated heterocycles. The zero-order valence-corrected chi connectivity index (χ0v) is 21.6. The smallest absolute Gasteiger partial charge is 0.306 e. The highest BCUT2D eigenvalue weighted by atomic mass is 19.1. The third kappa shape index (κ3) is 10.2. The van der Waals surface area contributed by atoms with Crippen LogP contribution in [0.5, 0.6) is 0 Å². The van der Waals surface area contributed by atoms with E-state index < -0.39 is 17.2 Å². The van der Waals surface area contributed by atoms with Crippen LogP contribution in [0.2, 0.25) is 0 Å². The Kier molecular flexibility index (Phi) is 11.6. The maximum atomic E-state index is 13.9. The van der Waals surface area contributed by atoms with E-state index in [9.17, 15) is 18.4 Å². The van der Waals surface area contributed by atoms with Crippen LogP contribution in [-0.2, 0) is 16.0 Å². The summed E-state index contributed by atoms with van der Waals surface area (Å²) in [6.45, 7) is 10.8. The average Bonchev–Trinajstić information content (AvgIpc) is 2.75. The summed E-state index contributed by atoms with van der Waals surface area (Å²) in [5, 5.41) is 0. The van der Waals surface area contributed by atoms with Gasteiger partial charge in [0.15, 0.2) is 5.78 Å². The minimum Gasteiger partial charge on any atom is -0.460 e. The van der Waals surface area contributed by atoms with Crippen LogP contribution in [0.15, 0.2) is 12.1 Å². The van der Waals surface area contributed by atoms with Gasteiger partial charge in [0.25, 0.3) is 0 Å². The van der Waals surface area contributed by atoms with Gasteiger partial charge in [0.05, 0.1) is 0 Å². The summed E-state index contributed by atoms with van der Waals surface area (Å²) in [7, 11) is 0. The molecule has 0 aliphatic carbocycles. The molecule has 1 aromatic carbocycles. The number of likely N-dealkylation sites (tertiary alicyclic amines) is 1. The third-order valence-corrected chi connectivity index (χ3v) is 6.56. The van der Waals surface area contributed by atoms with Crippen LogP contribution in [0.25, 0.3) is 0 Å². The van der Waals surface area contributed by atoms with Crippen molar-refractivity contribution in [3.63, 3.8) is 0 Å². The van der Waals surface area contributed by atoms with Crippen LogP contribution in [0.1, 0.15) is 108 Å². The SMILES string of the molecule is CCc1c(F)cc(F)cc1C(=O)CCCCC1CCN(CCCCCC(=O)OC(C)(C)C)CC1. The van der Waals surface area contributed by atoms with E-state index in [0.29, 0.717) is 30.7 Å². The second kappa shape index (κ2) is 13.9. The lowest BCUT2D eigenvalue weighted by Crippen LogP contribution is -2.34. The lowest BCUT2D eigenvalue weighted by Gasteiger charge is -2.32. The Labute approximate surface area is 204 Å². The molecule has 4 nitrogen and oxygen atoms in total. The zero-order valence-electron chi connectivity index (χ0n) is 21.6. The van der Waals surface area contributed by atoms with Crippen molar-refractivity contribution in [3.05, 3.63) is 34.9 Å². The topological polar surface area (TPSA) is 46.6 Å². The van der Waals surface area contributed by atoms with Crippen LogP contribution < -0.4 is 0 Å². The molecule has 0 saturated carbocycles. The van der Waals surface area contributed by atoms with Crippen molar-refractivity contribution >= 4 is 11.8 Å². The third-order valence-electron chi connectivity index (χ3n) is 6.56. The maximum Gasteiger partial charge on any atom is 0.306 e. The van der Waals surface area contributed by atoms with E-state index in [1.54, 1.807) is 6.92 Å². The fourth-order valence-corrected chi connectivity index (χ4v) is 4.74. The van der Waals surface area contributed by atoms with Gasteiger partial charge in [-0.25, -0.2) is 8.78 Å². The molecule has 0 spiro atoms. The molecule has 0 amide bonds. The van der Waals surface area contributed by atoms with Gasteiger partial charge < -0.3 is 9.64 Å². The Morgan fingerprint density at radius 2 is 1.68 bits per heavy atom. The first kappa shape index (κ1) is 28.4. The number of carbonyl (C=O) groups is 2. The first-order chi connectivity index (χ1) is 16.1. The van der Waals surface area contributed by atoms with Gasteiger partial charge >= 0.3 is 5.97 Å². The quantitative estimate of drug-likeness (QED) is 0.176. The summed E-state index contributed by atoms with van der Waals surface area (Å²) in [6, 6.07) is 2.03. The van der Waals surface area contributed by atoms with E-state index in [-0.39, 0.29) is 17.3 Å². The highest BCUT2D eigenvalue weighted by molar-refractivity contribution is 5.97. The van der Waals surface area contributed by atoms with Crippen molar-refractivity contribution in [2.24, 2.45) is 5.92 Å². The molecule has 0 atom stereocenters. The van der Waals surface area contributed by atoms with E-state index in [4.69, 9.17) is 4.74 Å². The summed E-state index contributed by atoms with van der Waals surface area (Å²) in [5.41, 5.74) is 0.124. The number of hydrogen-bond donors (Lipinski definition) is 0. The number of piperidine rings is 1. The Hall–Kier alpha value is -1.82. The molecule has 2 rings (SSSR count). The summed E-state index contributed by atoms with van der Waals surface area (Å²) in [4.78, 5) is 26.8. The van der Waals surface area contributed by atoms with Crippen molar-refractivity contribution in [1.82, 2.24) is 4.90 Å². The molecular weight excluding hydrogens is 436 g/mol. The van der Waals surface area contributed by atoms with Crippen molar-refractivity contribution in [2.75, 3.05) is 19.6 Å². The molecule has 1 aromatic rings. The highest BCUT2D eigenvalue weighted by Crippen LogP contribution is 2.25. The van der Waals surface area contributed by atoms with Crippen LogP contribution in [0.3, 0.4) is 0 Å². The fourth-order valence-electron chi connectivity index (χ4n) is 4.74. The van der Waals surface area contributed by atoms with E-state index in [1.165, 1.54) is 18.9 Å². The minimum absolute atomic E-state index is 0.107. The van der Waals surface area contributed by atoms with E-state index in [0.717, 1.165) is 64.2 Å². The second-order valence-electron chi connectivity index (χ2n) is 10.6. The van der Waals surface area contributed by atoms with Crippen molar-refractivity contribution in [1.29, 1.82) is 0 Å². The molecule has 0 N–H and O–H groups in total. The number of unbranched alkanes of at least 4 members (excludes halogenated alkanes) is 3. The number of ketones is 1. The van der Waals surface area contributed by atoms with Crippen molar-refractivity contribution in [2.45, 2.75) is 104 Å². The zero-order chi connectivity index (χ0) is 25.1. The number of halogens is 2. The van der Waals surface area contributed by atoms with Gasteiger partial charge in [0.1, 0.15) is 17.2 Å². The Morgan fingerprint density at radius 1 is 1.00 bits per heavy atom. The monoisotopic (exact) mass is 479 g/mol. The van der Waals surface area contributed by atoms with Gasteiger partial charge in [-0.3, -0.25) is 9.59 Å². The van der Waals surface area contributed by atoms with E-state index in [2.05, 4.69) is 4.90 Å². The fraction of sp³-hybridized carbons (Fsp3) is 0.714. The Morgan fingerprint density at radius 3 is 2.32 bits per heavy atom. The maximum absolute atomic E-state index is 13.9. The predicted molar refractivity (Wildman–Crippen MR) is 132 cm³/mol. The van der Waals surface area contributed by atoms with Gasteiger partial charge in [-0.15, -0.1) is 0 Å². The summed E-state index contributed by atoms with van der Waals surface area (Å²) >= 11 is 0. The van der Waals surface area contributed by atoms with Gasteiger partial charge in [-0.05, 0) is 96.5 Å². The van der Waals surface area contributed by atoms with Crippen LogP contribution in [0, 0.1) is 17.6 Å².